The smallest absolute Gasteiger partial charge is 0.190 e. The van der Waals surface area contributed by atoms with Gasteiger partial charge in [0.2, 0.25) is 0 Å². The van der Waals surface area contributed by atoms with Gasteiger partial charge in [-0.1, -0.05) is 18.6 Å². The van der Waals surface area contributed by atoms with E-state index in [0.29, 0.717) is 19.3 Å². The van der Waals surface area contributed by atoms with Crippen LogP contribution in [0.5, 0.6) is 0 Å². The van der Waals surface area contributed by atoms with Crippen molar-refractivity contribution in [3.05, 3.63) is 23.8 Å². The quantitative estimate of drug-likeness (QED) is 0.731. The van der Waals surface area contributed by atoms with Crippen LogP contribution in [-0.2, 0) is 14.3 Å². The minimum Gasteiger partial charge on any atom is -0.390 e. The molecule has 0 saturated heterocycles. The summed E-state index contributed by atoms with van der Waals surface area (Å²) in [5.41, 5.74) is -3.87. The molecule has 0 spiro atoms. The molecule has 4 aliphatic carbocycles. The number of hydrogen-bond donors (Lipinski definition) is 2. The van der Waals surface area contributed by atoms with E-state index in [0.717, 1.165) is 5.57 Å². The minimum atomic E-state index is -1.93. The van der Waals surface area contributed by atoms with Gasteiger partial charge in [-0.25, -0.2) is 4.39 Å². The summed E-state index contributed by atoms with van der Waals surface area (Å²) in [6.07, 6.45) is 4.70. The highest BCUT2D eigenvalue weighted by molar-refractivity contribution is 6.01. The highest BCUT2D eigenvalue weighted by atomic mass is 19.1. The van der Waals surface area contributed by atoms with E-state index in [2.05, 4.69) is 0 Å². The number of ether oxygens (including phenoxy) is 1. The van der Waals surface area contributed by atoms with Crippen molar-refractivity contribution in [3.8, 4) is 0 Å². The third kappa shape index (κ3) is 2.76. The molecule has 0 aromatic heterocycles. The van der Waals surface area contributed by atoms with Crippen molar-refractivity contribution in [1.82, 2.24) is 0 Å². The lowest BCUT2D eigenvalue weighted by molar-refractivity contribution is -0.192. The Labute approximate surface area is 177 Å². The zero-order valence-corrected chi connectivity index (χ0v) is 18.2. The van der Waals surface area contributed by atoms with Crippen LogP contribution in [0.25, 0.3) is 0 Å². The Morgan fingerprint density at radius 3 is 2.70 bits per heavy atom. The molecule has 0 aromatic rings. The summed E-state index contributed by atoms with van der Waals surface area (Å²) < 4.78 is 22.4. The average Bonchev–Trinajstić information content (AvgIpc) is 2.93. The number of aliphatic hydroxyl groups excluding tert-OH is 1. The van der Waals surface area contributed by atoms with Gasteiger partial charge >= 0.3 is 0 Å². The normalized spacial score (nSPS) is 47.5. The van der Waals surface area contributed by atoms with Crippen LogP contribution in [0.2, 0.25) is 0 Å². The summed E-state index contributed by atoms with van der Waals surface area (Å²) >= 11 is 0. The lowest BCUT2D eigenvalue weighted by atomic mass is 9.48. The Balaban J connectivity index is 1.69. The number of carbonyl (C=O) groups excluding carboxylic acids is 2. The average molecular weight is 421 g/mol. The molecule has 0 heterocycles. The number of Topliss-reactive ketones (excluding diaryl/α,β-unsaturated/α-hetero) is 1. The SMILES string of the molecule is CC(C)OCC(=O)[C@@]1(O)[C@H](C)C[C@H]2C3CCC4=CC(=O)C=C[C@]4(C)[C@@]3(F)[C@@H](O)C[C@@H]21. The molecule has 3 fully saturated rings. The van der Waals surface area contributed by atoms with Crippen LogP contribution in [0.15, 0.2) is 23.8 Å². The number of fused-ring (bicyclic) bond motifs is 5. The molecular weight excluding hydrogens is 387 g/mol. The van der Waals surface area contributed by atoms with E-state index >= 15 is 4.39 Å². The molecule has 8 atom stereocenters. The number of allylic oxidation sites excluding steroid dienone is 4. The molecule has 1 unspecified atom stereocenters. The van der Waals surface area contributed by atoms with E-state index in [-0.39, 0.29) is 42.5 Å². The van der Waals surface area contributed by atoms with Crippen molar-refractivity contribution >= 4 is 11.6 Å². The first-order valence-electron chi connectivity index (χ1n) is 11.1. The minimum absolute atomic E-state index is 0.0244. The highest BCUT2D eigenvalue weighted by Crippen LogP contribution is 2.66. The van der Waals surface area contributed by atoms with E-state index in [1.807, 2.05) is 20.8 Å². The van der Waals surface area contributed by atoms with Crippen molar-refractivity contribution in [3.63, 3.8) is 0 Å². The van der Waals surface area contributed by atoms with E-state index in [9.17, 15) is 19.8 Å². The molecule has 3 saturated carbocycles. The maximum absolute atomic E-state index is 16.9. The molecule has 0 amide bonds. The molecule has 0 bridgehead atoms. The summed E-state index contributed by atoms with van der Waals surface area (Å²) in [5.74, 6) is -2.04. The van der Waals surface area contributed by atoms with Gasteiger partial charge in [-0.15, -0.1) is 0 Å². The van der Waals surface area contributed by atoms with Gasteiger partial charge in [0.1, 0.15) is 12.2 Å². The first-order chi connectivity index (χ1) is 14.0. The monoisotopic (exact) mass is 420 g/mol. The van der Waals surface area contributed by atoms with Gasteiger partial charge in [-0.05, 0) is 70.4 Å². The second kappa shape index (κ2) is 7.07. The molecule has 30 heavy (non-hydrogen) atoms. The molecule has 0 radical (unpaired) electrons. The highest BCUT2D eigenvalue weighted by Gasteiger charge is 2.71. The fourth-order valence-electron chi connectivity index (χ4n) is 6.95. The third-order valence-corrected chi connectivity index (χ3v) is 8.56. The van der Waals surface area contributed by atoms with E-state index in [4.69, 9.17) is 4.74 Å². The maximum Gasteiger partial charge on any atom is 0.190 e. The predicted octanol–water partition coefficient (Wildman–Crippen LogP) is 2.94. The molecule has 2 N–H and O–H groups in total. The molecule has 0 aromatic carbocycles. The number of halogens is 1. The van der Waals surface area contributed by atoms with Gasteiger partial charge in [0.15, 0.2) is 17.2 Å². The van der Waals surface area contributed by atoms with Crippen LogP contribution in [0.1, 0.15) is 53.4 Å². The molecule has 0 aliphatic heterocycles. The van der Waals surface area contributed by atoms with Crippen LogP contribution < -0.4 is 0 Å². The van der Waals surface area contributed by atoms with Crippen LogP contribution in [0.3, 0.4) is 0 Å². The number of carbonyl (C=O) groups is 2. The Hall–Kier alpha value is -1.37. The van der Waals surface area contributed by atoms with Crippen molar-refractivity contribution in [1.29, 1.82) is 0 Å². The van der Waals surface area contributed by atoms with E-state index < -0.39 is 34.6 Å². The number of alkyl halides is 1. The summed E-state index contributed by atoms with van der Waals surface area (Å²) in [6.45, 7) is 7.09. The molecule has 6 heteroatoms. The Kier molecular flexibility index (Phi) is 5.15. The summed E-state index contributed by atoms with van der Waals surface area (Å²) in [7, 11) is 0. The van der Waals surface area contributed by atoms with Crippen molar-refractivity contribution in [2.24, 2.45) is 29.1 Å². The first-order valence-corrected chi connectivity index (χ1v) is 11.1. The second-order valence-electron chi connectivity index (χ2n) is 10.3. The lowest BCUT2D eigenvalue weighted by Gasteiger charge is -2.59. The Morgan fingerprint density at radius 2 is 2.03 bits per heavy atom. The topological polar surface area (TPSA) is 83.8 Å². The van der Waals surface area contributed by atoms with E-state index in [1.54, 1.807) is 13.0 Å². The number of hydrogen-bond acceptors (Lipinski definition) is 5. The largest absolute Gasteiger partial charge is 0.390 e. The fraction of sp³-hybridized carbons (Fsp3) is 0.750. The lowest BCUT2D eigenvalue weighted by Crippen LogP contribution is -2.66. The van der Waals surface area contributed by atoms with Crippen LogP contribution in [-0.4, -0.2) is 51.9 Å². The van der Waals surface area contributed by atoms with Gasteiger partial charge in [0.05, 0.1) is 12.2 Å². The number of rotatable bonds is 4. The van der Waals surface area contributed by atoms with Crippen LogP contribution in [0.4, 0.5) is 4.39 Å². The molecular formula is C24H33FO5. The van der Waals surface area contributed by atoms with Crippen molar-refractivity contribution < 1.29 is 28.9 Å². The first kappa shape index (κ1) is 21.8. The zero-order valence-electron chi connectivity index (χ0n) is 18.2. The van der Waals surface area contributed by atoms with E-state index in [1.165, 1.54) is 12.2 Å². The Morgan fingerprint density at radius 1 is 1.33 bits per heavy atom. The van der Waals surface area contributed by atoms with Crippen molar-refractivity contribution in [2.75, 3.05) is 6.61 Å². The standard InChI is InChI=1S/C24H33FO5/c1-13(2)30-12-21(28)23(29)14(3)9-17-18-6-5-15-10-16(26)7-8-22(15,4)24(18,25)20(27)11-19(17)23/h7-8,10,13-14,17-20,27,29H,5-6,9,11-12H2,1-4H3/t14-,17+,18?,19+,20+,22+,23-,24+/m1/s1. The van der Waals surface area contributed by atoms with Gasteiger partial charge in [-0.2, -0.15) is 0 Å². The van der Waals surface area contributed by atoms with Crippen molar-refractivity contribution in [2.45, 2.75) is 76.9 Å². The molecule has 4 aliphatic rings. The summed E-state index contributed by atoms with van der Waals surface area (Å²) in [5, 5.41) is 22.7. The molecule has 4 rings (SSSR count). The Bertz CT molecular complexity index is 818. The van der Waals surface area contributed by atoms with Gasteiger partial charge < -0.3 is 14.9 Å². The molecule has 166 valence electrons. The fourth-order valence-corrected chi connectivity index (χ4v) is 6.95. The summed E-state index contributed by atoms with van der Waals surface area (Å²) in [6, 6.07) is 0. The number of aliphatic hydroxyl groups is 2. The van der Waals surface area contributed by atoms with Gasteiger partial charge in [-0.3, -0.25) is 9.59 Å². The predicted molar refractivity (Wildman–Crippen MR) is 109 cm³/mol. The second-order valence-corrected chi connectivity index (χ2v) is 10.3. The maximum atomic E-state index is 16.9. The zero-order chi connectivity index (χ0) is 22.1. The van der Waals surface area contributed by atoms with Crippen LogP contribution >= 0.6 is 0 Å². The van der Waals surface area contributed by atoms with Gasteiger partial charge in [0, 0.05) is 17.3 Å². The third-order valence-electron chi connectivity index (χ3n) is 8.56. The number of ketones is 2. The van der Waals surface area contributed by atoms with Gasteiger partial charge in [0.25, 0.3) is 0 Å². The molecule has 5 nitrogen and oxygen atoms in total. The summed E-state index contributed by atoms with van der Waals surface area (Å²) in [4.78, 5) is 24.9. The van der Waals surface area contributed by atoms with Crippen LogP contribution in [0, 0.1) is 29.1 Å².